The molecular formula is C12H13NO4S. The van der Waals surface area contributed by atoms with Gasteiger partial charge < -0.3 is 15.3 Å². The molecule has 0 spiro atoms. The third kappa shape index (κ3) is 3.74. The molecular weight excluding hydrogens is 254 g/mol. The highest BCUT2D eigenvalue weighted by Crippen LogP contribution is 2.25. The summed E-state index contributed by atoms with van der Waals surface area (Å²) in [5.74, 6) is -0.183. The van der Waals surface area contributed by atoms with Gasteiger partial charge in [-0.1, -0.05) is 17.8 Å². The summed E-state index contributed by atoms with van der Waals surface area (Å²) < 4.78 is 0. The van der Waals surface area contributed by atoms with Crippen molar-refractivity contribution in [3.63, 3.8) is 0 Å². The predicted octanol–water partition coefficient (Wildman–Crippen LogP) is 0.938. The molecule has 0 fully saturated rings. The quantitative estimate of drug-likeness (QED) is 0.750. The Bertz CT molecular complexity index is 483. The molecule has 96 valence electrons. The number of aliphatic hydroxyl groups excluding tert-OH is 2. The van der Waals surface area contributed by atoms with Crippen LogP contribution in [0.25, 0.3) is 0 Å². The summed E-state index contributed by atoms with van der Waals surface area (Å²) in [6.45, 7) is 1.37. The lowest BCUT2D eigenvalue weighted by Gasteiger charge is -2.17. The summed E-state index contributed by atoms with van der Waals surface area (Å²) in [7, 11) is 0. The van der Waals surface area contributed by atoms with Crippen molar-refractivity contribution in [3.8, 4) is 11.8 Å². The van der Waals surface area contributed by atoms with Gasteiger partial charge in [0.1, 0.15) is 17.9 Å². The van der Waals surface area contributed by atoms with Crippen LogP contribution >= 0.6 is 11.8 Å². The molecule has 2 unspecified atom stereocenters. The lowest BCUT2D eigenvalue weighted by molar-refractivity contribution is -0.109. The van der Waals surface area contributed by atoms with Crippen LogP contribution in [0.3, 0.4) is 0 Å². The van der Waals surface area contributed by atoms with Gasteiger partial charge in [0.2, 0.25) is 0 Å². The van der Waals surface area contributed by atoms with Crippen molar-refractivity contribution in [2.24, 2.45) is 0 Å². The van der Waals surface area contributed by atoms with E-state index in [2.05, 4.69) is 0 Å². The van der Waals surface area contributed by atoms with Crippen molar-refractivity contribution in [2.75, 3.05) is 5.75 Å². The van der Waals surface area contributed by atoms with Crippen LogP contribution in [0.5, 0.6) is 5.75 Å². The number of thioether (sulfide) groups is 1. The molecule has 18 heavy (non-hydrogen) atoms. The minimum absolute atomic E-state index is 0.0667. The van der Waals surface area contributed by atoms with Gasteiger partial charge in [-0.15, -0.1) is 0 Å². The molecule has 0 aliphatic carbocycles. The summed E-state index contributed by atoms with van der Waals surface area (Å²) >= 11 is 0.910. The van der Waals surface area contributed by atoms with E-state index in [1.807, 2.05) is 0 Å². The number of aliphatic hydroxyl groups is 2. The lowest BCUT2D eigenvalue weighted by atomic mass is 10.0. The third-order valence-corrected chi connectivity index (χ3v) is 3.22. The fraction of sp³-hybridized carbons (Fsp3) is 0.333. The molecule has 0 heterocycles. The van der Waals surface area contributed by atoms with Crippen LogP contribution in [0.1, 0.15) is 24.2 Å². The zero-order valence-corrected chi connectivity index (χ0v) is 10.5. The molecule has 6 heteroatoms. The number of nitrogens with zero attached hydrogens (tertiary/aromatic N) is 1. The standard InChI is InChI=1S/C12H13NO4S/c1-7(14)18-6-11(16)12(17)8-2-3-9(5-13)10(15)4-8/h2-4,11-12,15-17H,6H2,1H3. The molecule has 0 aliphatic rings. The van der Waals surface area contributed by atoms with Gasteiger partial charge in [0.15, 0.2) is 5.12 Å². The van der Waals surface area contributed by atoms with Crippen molar-refractivity contribution in [1.29, 1.82) is 5.26 Å². The van der Waals surface area contributed by atoms with Gasteiger partial charge in [0, 0.05) is 12.7 Å². The summed E-state index contributed by atoms with van der Waals surface area (Å²) in [4.78, 5) is 10.7. The summed E-state index contributed by atoms with van der Waals surface area (Å²) in [5, 5.41) is 37.4. The van der Waals surface area contributed by atoms with Crippen molar-refractivity contribution < 1.29 is 20.1 Å². The maximum Gasteiger partial charge on any atom is 0.185 e. The predicted molar refractivity (Wildman–Crippen MR) is 66.9 cm³/mol. The molecule has 1 aromatic rings. The van der Waals surface area contributed by atoms with E-state index in [-0.39, 0.29) is 22.2 Å². The van der Waals surface area contributed by atoms with Gasteiger partial charge in [0.25, 0.3) is 0 Å². The minimum atomic E-state index is -1.21. The normalized spacial score (nSPS) is 13.7. The Morgan fingerprint density at radius 2 is 2.17 bits per heavy atom. The zero-order chi connectivity index (χ0) is 13.7. The average Bonchev–Trinajstić information content (AvgIpc) is 2.34. The largest absolute Gasteiger partial charge is 0.507 e. The first-order valence-corrected chi connectivity index (χ1v) is 6.16. The van der Waals surface area contributed by atoms with Crippen LogP contribution in [-0.2, 0) is 4.79 Å². The fourth-order valence-electron chi connectivity index (χ4n) is 1.34. The van der Waals surface area contributed by atoms with Crippen LogP contribution < -0.4 is 0 Å². The van der Waals surface area contributed by atoms with Crippen molar-refractivity contribution in [1.82, 2.24) is 0 Å². The number of phenolic OH excluding ortho intramolecular Hbond substituents is 1. The molecule has 2 atom stereocenters. The number of nitriles is 1. The third-order valence-electron chi connectivity index (χ3n) is 2.31. The first kappa shape index (κ1) is 14.5. The zero-order valence-electron chi connectivity index (χ0n) is 9.70. The average molecular weight is 267 g/mol. The second-order valence-electron chi connectivity index (χ2n) is 3.70. The number of phenols is 1. The highest BCUT2D eigenvalue weighted by Gasteiger charge is 2.20. The molecule has 0 aromatic heterocycles. The highest BCUT2D eigenvalue weighted by atomic mass is 32.2. The van der Waals surface area contributed by atoms with Crippen LogP contribution in [-0.4, -0.2) is 32.3 Å². The Morgan fingerprint density at radius 1 is 1.50 bits per heavy atom. The molecule has 1 aromatic carbocycles. The Hall–Kier alpha value is -1.55. The van der Waals surface area contributed by atoms with E-state index in [1.165, 1.54) is 25.1 Å². The second kappa shape index (κ2) is 6.40. The number of aromatic hydroxyl groups is 1. The van der Waals surface area contributed by atoms with Crippen LogP contribution in [0.2, 0.25) is 0 Å². The summed E-state index contributed by atoms with van der Waals surface area (Å²) in [6, 6.07) is 5.82. The van der Waals surface area contributed by atoms with E-state index in [1.54, 1.807) is 6.07 Å². The second-order valence-corrected chi connectivity index (χ2v) is 4.90. The Kier molecular flexibility index (Phi) is 5.16. The molecule has 5 nitrogen and oxygen atoms in total. The number of carbonyl (C=O) groups is 1. The smallest absolute Gasteiger partial charge is 0.185 e. The van der Waals surface area contributed by atoms with E-state index in [0.29, 0.717) is 5.56 Å². The monoisotopic (exact) mass is 267 g/mol. The molecule has 0 aliphatic heterocycles. The van der Waals surface area contributed by atoms with Crippen molar-refractivity contribution >= 4 is 16.9 Å². The van der Waals surface area contributed by atoms with Gasteiger partial charge in [-0.05, 0) is 17.7 Å². The first-order chi connectivity index (χ1) is 8.45. The number of hydrogen-bond acceptors (Lipinski definition) is 6. The Morgan fingerprint density at radius 3 is 2.67 bits per heavy atom. The van der Waals surface area contributed by atoms with Crippen molar-refractivity contribution in [3.05, 3.63) is 29.3 Å². The summed E-state index contributed by atoms with van der Waals surface area (Å²) in [6.07, 6.45) is -2.33. The van der Waals surface area contributed by atoms with Crippen LogP contribution in [0.4, 0.5) is 0 Å². The topological polar surface area (TPSA) is 102 Å². The van der Waals surface area contributed by atoms with E-state index < -0.39 is 12.2 Å². The van der Waals surface area contributed by atoms with E-state index in [4.69, 9.17) is 5.26 Å². The molecule has 0 saturated heterocycles. The maximum atomic E-state index is 10.7. The Balaban J connectivity index is 2.78. The van der Waals surface area contributed by atoms with Crippen LogP contribution in [0.15, 0.2) is 18.2 Å². The SMILES string of the molecule is CC(=O)SCC(O)C(O)c1ccc(C#N)c(O)c1. The molecule has 1 rings (SSSR count). The molecule has 0 saturated carbocycles. The first-order valence-electron chi connectivity index (χ1n) is 5.18. The molecule has 0 radical (unpaired) electrons. The van der Waals surface area contributed by atoms with Gasteiger partial charge in [0.05, 0.1) is 11.7 Å². The summed E-state index contributed by atoms with van der Waals surface area (Å²) in [5.41, 5.74) is 0.390. The molecule has 0 bridgehead atoms. The Labute approximate surface area is 109 Å². The van der Waals surface area contributed by atoms with Crippen molar-refractivity contribution in [2.45, 2.75) is 19.1 Å². The van der Waals surface area contributed by atoms with Gasteiger partial charge in [-0.2, -0.15) is 5.26 Å². The van der Waals surface area contributed by atoms with E-state index in [9.17, 15) is 20.1 Å². The number of rotatable bonds is 4. The maximum absolute atomic E-state index is 10.7. The molecule has 0 amide bonds. The van der Waals surface area contributed by atoms with E-state index in [0.717, 1.165) is 11.8 Å². The van der Waals surface area contributed by atoms with Crippen LogP contribution in [0, 0.1) is 11.3 Å². The number of benzene rings is 1. The number of carbonyl (C=O) groups excluding carboxylic acids is 1. The highest BCUT2D eigenvalue weighted by molar-refractivity contribution is 8.13. The fourth-order valence-corrected chi connectivity index (χ4v) is 1.93. The number of hydrogen-bond donors (Lipinski definition) is 3. The van der Waals surface area contributed by atoms with Gasteiger partial charge in [-0.3, -0.25) is 4.79 Å². The van der Waals surface area contributed by atoms with Gasteiger partial charge in [-0.25, -0.2) is 0 Å². The minimum Gasteiger partial charge on any atom is -0.507 e. The van der Waals surface area contributed by atoms with Gasteiger partial charge >= 0.3 is 0 Å². The lowest BCUT2D eigenvalue weighted by Crippen LogP contribution is -2.21. The van der Waals surface area contributed by atoms with E-state index >= 15 is 0 Å². The molecule has 3 N–H and O–H groups in total.